The van der Waals surface area contributed by atoms with Crippen molar-refractivity contribution < 1.29 is 14.2 Å². The van der Waals surface area contributed by atoms with E-state index in [2.05, 4.69) is 39.0 Å². The molecular weight excluding hydrogens is 260 g/mol. The van der Waals surface area contributed by atoms with Crippen LogP contribution >= 0.6 is 0 Å². The van der Waals surface area contributed by atoms with E-state index in [4.69, 9.17) is 4.42 Å². The molecule has 3 nitrogen and oxygen atoms in total. The number of hydrogen-bond donors (Lipinski definition) is 2. The molecule has 1 atom stereocenters. The topological polar surface area (TPSA) is 22.0 Å². The smallest absolute Gasteiger partial charge is 0.159 e. The van der Waals surface area contributed by atoms with Gasteiger partial charge in [-0.2, -0.15) is 0 Å². The quantitative estimate of drug-likeness (QED) is 0.711. The van der Waals surface area contributed by atoms with Crippen LogP contribution in [0, 0.1) is 0 Å². The first kappa shape index (κ1) is 16.1. The average Bonchev–Trinajstić information content (AvgIpc) is 2.92. The molecule has 0 spiro atoms. The van der Waals surface area contributed by atoms with E-state index in [-0.39, 0.29) is 0 Å². The number of rotatable bonds is 9. The van der Waals surface area contributed by atoms with Crippen LogP contribution in [-0.4, -0.2) is 32.7 Å². The van der Waals surface area contributed by atoms with Crippen molar-refractivity contribution >= 4 is 11.0 Å². The highest BCUT2D eigenvalue weighted by Crippen LogP contribution is 2.17. The molecule has 0 aliphatic heterocycles. The molecule has 1 aromatic carbocycles. The Balaban J connectivity index is 1.86. The zero-order chi connectivity index (χ0) is 15.1. The molecule has 0 saturated heterocycles. The van der Waals surface area contributed by atoms with Crippen LogP contribution in [0.25, 0.3) is 11.0 Å². The first-order valence-electron chi connectivity index (χ1n) is 8.41. The Morgan fingerprint density at radius 2 is 1.57 bits per heavy atom. The van der Waals surface area contributed by atoms with Crippen LogP contribution in [0.1, 0.15) is 33.0 Å². The minimum Gasteiger partial charge on any atom is -0.455 e. The molecule has 1 heterocycles. The van der Waals surface area contributed by atoms with E-state index in [1.807, 2.05) is 12.1 Å². The number of para-hydroxylation sites is 1. The van der Waals surface area contributed by atoms with Crippen molar-refractivity contribution in [1.82, 2.24) is 0 Å². The second-order valence-corrected chi connectivity index (χ2v) is 5.84. The fraction of sp³-hybridized carbons (Fsp3) is 0.556. The third-order valence-corrected chi connectivity index (χ3v) is 4.46. The predicted molar refractivity (Wildman–Crippen MR) is 87.8 cm³/mol. The van der Waals surface area contributed by atoms with Gasteiger partial charge in [-0.1, -0.05) is 18.2 Å². The Hall–Kier alpha value is -1.32. The zero-order valence-corrected chi connectivity index (χ0v) is 13.7. The van der Waals surface area contributed by atoms with Gasteiger partial charge in [-0.25, -0.2) is 0 Å². The van der Waals surface area contributed by atoms with E-state index in [1.165, 1.54) is 38.0 Å². The summed E-state index contributed by atoms with van der Waals surface area (Å²) >= 11 is 0. The van der Waals surface area contributed by atoms with Gasteiger partial charge in [-0.05, 0) is 32.9 Å². The Morgan fingerprint density at radius 1 is 0.905 bits per heavy atom. The second kappa shape index (κ2) is 8.20. The fourth-order valence-electron chi connectivity index (χ4n) is 2.95. The summed E-state index contributed by atoms with van der Waals surface area (Å²) in [5.74, 6) is 1.11. The maximum atomic E-state index is 5.94. The lowest BCUT2D eigenvalue weighted by Gasteiger charge is -2.19. The van der Waals surface area contributed by atoms with Gasteiger partial charge in [0.25, 0.3) is 0 Å². The highest BCUT2D eigenvalue weighted by Gasteiger charge is 2.12. The minimum atomic E-state index is 0.999. The molecule has 0 fully saturated rings. The van der Waals surface area contributed by atoms with E-state index < -0.39 is 0 Å². The standard InChI is InChI=1S/C18H28N2O/c1-4-19(5-2)12-9-13-20(6-3)15-17-14-16-10-7-8-11-18(16)21-17/h7-8,10-11,14H,4-6,9,12-13,15H2,1-3H3/p+2. The first-order chi connectivity index (χ1) is 10.3. The highest BCUT2D eigenvalue weighted by atomic mass is 16.3. The number of hydrogen-bond acceptors (Lipinski definition) is 1. The molecule has 116 valence electrons. The second-order valence-electron chi connectivity index (χ2n) is 5.84. The van der Waals surface area contributed by atoms with Gasteiger partial charge >= 0.3 is 0 Å². The maximum absolute atomic E-state index is 5.94. The number of nitrogens with one attached hydrogen (secondary N) is 2. The molecule has 0 bridgehead atoms. The summed E-state index contributed by atoms with van der Waals surface area (Å²) in [5.41, 5.74) is 1.01. The summed E-state index contributed by atoms with van der Waals surface area (Å²) in [6.07, 6.45) is 1.29. The van der Waals surface area contributed by atoms with E-state index in [0.29, 0.717) is 0 Å². The van der Waals surface area contributed by atoms with E-state index in [0.717, 1.165) is 24.4 Å². The molecule has 0 aliphatic rings. The fourth-order valence-corrected chi connectivity index (χ4v) is 2.95. The van der Waals surface area contributed by atoms with Gasteiger partial charge in [0, 0.05) is 11.8 Å². The average molecular weight is 290 g/mol. The van der Waals surface area contributed by atoms with Gasteiger partial charge in [0.15, 0.2) is 5.76 Å². The van der Waals surface area contributed by atoms with Crippen LogP contribution in [0.15, 0.2) is 34.7 Å². The van der Waals surface area contributed by atoms with Gasteiger partial charge in [0.05, 0.1) is 32.7 Å². The Labute approximate surface area is 128 Å². The number of furan rings is 1. The maximum Gasteiger partial charge on any atom is 0.159 e. The molecule has 1 aromatic heterocycles. The molecule has 2 rings (SSSR count). The Kier molecular flexibility index (Phi) is 6.27. The van der Waals surface area contributed by atoms with E-state index in [9.17, 15) is 0 Å². The van der Waals surface area contributed by atoms with Gasteiger partial charge in [0.1, 0.15) is 12.1 Å². The summed E-state index contributed by atoms with van der Waals surface area (Å²) < 4.78 is 5.94. The molecule has 21 heavy (non-hydrogen) atoms. The monoisotopic (exact) mass is 290 g/mol. The molecule has 0 saturated carbocycles. The lowest BCUT2D eigenvalue weighted by molar-refractivity contribution is -0.925. The normalized spacial score (nSPS) is 13.1. The lowest BCUT2D eigenvalue weighted by Crippen LogP contribution is -3.13. The SMILES string of the molecule is CC[NH+](CC)CCC[NH+](CC)Cc1cc2ccccc2o1. The number of fused-ring (bicyclic) bond motifs is 1. The van der Waals surface area contributed by atoms with Crippen LogP contribution in [0.4, 0.5) is 0 Å². The van der Waals surface area contributed by atoms with E-state index >= 15 is 0 Å². The van der Waals surface area contributed by atoms with Gasteiger partial charge < -0.3 is 14.2 Å². The van der Waals surface area contributed by atoms with Crippen molar-refractivity contribution in [3.8, 4) is 0 Å². The number of benzene rings is 1. The van der Waals surface area contributed by atoms with Crippen molar-refractivity contribution in [3.63, 3.8) is 0 Å². The Bertz CT molecular complexity index is 498. The molecule has 0 radical (unpaired) electrons. The molecule has 3 heteroatoms. The summed E-state index contributed by atoms with van der Waals surface area (Å²) in [5, 5.41) is 1.22. The minimum absolute atomic E-state index is 0.999. The van der Waals surface area contributed by atoms with Crippen LogP contribution in [-0.2, 0) is 6.54 Å². The highest BCUT2D eigenvalue weighted by molar-refractivity contribution is 5.77. The van der Waals surface area contributed by atoms with Gasteiger partial charge in [-0.15, -0.1) is 0 Å². The van der Waals surface area contributed by atoms with Crippen molar-refractivity contribution in [2.24, 2.45) is 0 Å². The van der Waals surface area contributed by atoms with Crippen LogP contribution in [0.5, 0.6) is 0 Å². The van der Waals surface area contributed by atoms with Crippen LogP contribution in [0.2, 0.25) is 0 Å². The van der Waals surface area contributed by atoms with Gasteiger partial charge in [0.2, 0.25) is 0 Å². The van der Waals surface area contributed by atoms with Crippen LogP contribution < -0.4 is 9.80 Å². The third kappa shape index (κ3) is 4.58. The largest absolute Gasteiger partial charge is 0.455 e. The molecule has 0 aliphatic carbocycles. The molecule has 0 amide bonds. The van der Waals surface area contributed by atoms with Crippen molar-refractivity contribution in [2.75, 3.05) is 32.7 Å². The summed E-state index contributed by atoms with van der Waals surface area (Å²) in [6.45, 7) is 14.0. The van der Waals surface area contributed by atoms with Crippen molar-refractivity contribution in [3.05, 3.63) is 36.1 Å². The predicted octanol–water partition coefficient (Wildman–Crippen LogP) is 1.15. The zero-order valence-electron chi connectivity index (χ0n) is 13.7. The van der Waals surface area contributed by atoms with Gasteiger partial charge in [-0.3, -0.25) is 0 Å². The Morgan fingerprint density at radius 3 is 2.24 bits per heavy atom. The van der Waals surface area contributed by atoms with Crippen LogP contribution in [0.3, 0.4) is 0 Å². The lowest BCUT2D eigenvalue weighted by atomic mass is 10.2. The third-order valence-electron chi connectivity index (χ3n) is 4.46. The molecule has 2 N–H and O–H groups in total. The summed E-state index contributed by atoms with van der Waals surface area (Å²) in [4.78, 5) is 3.31. The number of quaternary nitrogens is 2. The summed E-state index contributed by atoms with van der Waals surface area (Å²) in [7, 11) is 0. The summed E-state index contributed by atoms with van der Waals surface area (Å²) in [6, 6.07) is 10.5. The molecule has 2 aromatic rings. The molecule has 1 unspecified atom stereocenters. The van der Waals surface area contributed by atoms with Crippen molar-refractivity contribution in [1.29, 1.82) is 0 Å². The molecular formula is C18H30N2O+2. The van der Waals surface area contributed by atoms with E-state index in [1.54, 1.807) is 9.80 Å². The van der Waals surface area contributed by atoms with Crippen molar-refractivity contribution in [2.45, 2.75) is 33.7 Å². The first-order valence-corrected chi connectivity index (χ1v) is 8.41.